The highest BCUT2D eigenvalue weighted by Gasteiger charge is 2.28. The second kappa shape index (κ2) is 5.19. The number of nitrogens with one attached hydrogen (secondary N) is 1. The van der Waals surface area contributed by atoms with Crippen LogP contribution in [0.15, 0.2) is 51.4 Å². The van der Waals surface area contributed by atoms with E-state index in [1.54, 1.807) is 0 Å². The lowest BCUT2D eigenvalue weighted by molar-refractivity contribution is 0.533. The third-order valence-electron chi connectivity index (χ3n) is 3.74. The Balaban J connectivity index is 1.51. The number of hydrogen-bond acceptors (Lipinski definition) is 3. The minimum atomic E-state index is 0.552. The van der Waals surface area contributed by atoms with E-state index in [1.165, 1.54) is 18.4 Å². The largest absolute Gasteiger partial charge is 0.440 e. The first-order chi connectivity index (χ1) is 10.3. The summed E-state index contributed by atoms with van der Waals surface area (Å²) in [7, 11) is 0. The van der Waals surface area contributed by atoms with E-state index < -0.39 is 0 Å². The number of rotatable bonds is 4. The van der Waals surface area contributed by atoms with Crippen LogP contribution in [0.1, 0.15) is 30.2 Å². The summed E-state index contributed by atoms with van der Waals surface area (Å²) in [5.41, 5.74) is 4.14. The van der Waals surface area contributed by atoms with Gasteiger partial charge >= 0.3 is 0 Å². The van der Waals surface area contributed by atoms with E-state index in [0.29, 0.717) is 5.92 Å². The fraction of sp³-hybridized carbons (Fsp3) is 0.235. The van der Waals surface area contributed by atoms with Gasteiger partial charge in [0.15, 0.2) is 11.5 Å². The number of hydrogen-bond donors (Lipinski definition) is 1. The van der Waals surface area contributed by atoms with Gasteiger partial charge in [0.05, 0.1) is 0 Å². The molecule has 0 amide bonds. The van der Waals surface area contributed by atoms with Crippen molar-refractivity contribution in [3.8, 4) is 0 Å². The van der Waals surface area contributed by atoms with Gasteiger partial charge in [0, 0.05) is 22.6 Å². The molecule has 1 heterocycles. The molecule has 106 valence electrons. The Kier molecular flexibility index (Phi) is 3.19. The Morgan fingerprint density at radius 2 is 1.95 bits per heavy atom. The van der Waals surface area contributed by atoms with Gasteiger partial charge in [-0.15, -0.1) is 0 Å². The van der Waals surface area contributed by atoms with Crippen LogP contribution in [0.2, 0.25) is 0 Å². The zero-order valence-corrected chi connectivity index (χ0v) is 13.1. The highest BCUT2D eigenvalue weighted by atomic mass is 79.9. The molecule has 1 fully saturated rings. The molecule has 1 saturated carbocycles. The second-order valence-electron chi connectivity index (χ2n) is 5.49. The molecule has 0 aliphatic heterocycles. The van der Waals surface area contributed by atoms with Gasteiger partial charge in [-0.2, -0.15) is 0 Å². The number of oxazole rings is 1. The Morgan fingerprint density at radius 3 is 2.71 bits per heavy atom. The molecule has 0 spiro atoms. The lowest BCUT2D eigenvalue weighted by atomic mass is 10.2. The molecule has 1 aromatic heterocycles. The summed E-state index contributed by atoms with van der Waals surface area (Å²) in [5, 5.41) is 3.43. The van der Waals surface area contributed by atoms with Crippen LogP contribution in [0.3, 0.4) is 0 Å². The van der Waals surface area contributed by atoms with E-state index >= 15 is 0 Å². The maximum absolute atomic E-state index is 5.78. The van der Waals surface area contributed by atoms with E-state index in [9.17, 15) is 0 Å². The molecule has 0 radical (unpaired) electrons. The predicted octanol–water partition coefficient (Wildman–Crippen LogP) is 5.08. The summed E-state index contributed by atoms with van der Waals surface area (Å²) in [6, 6.07) is 14.4. The lowest BCUT2D eigenvalue weighted by Crippen LogP contribution is -1.98. The van der Waals surface area contributed by atoms with Crippen molar-refractivity contribution in [3.63, 3.8) is 0 Å². The van der Waals surface area contributed by atoms with Crippen LogP contribution in [0.25, 0.3) is 11.1 Å². The molecule has 4 heteroatoms. The van der Waals surface area contributed by atoms with Crippen LogP contribution in [0, 0.1) is 0 Å². The third kappa shape index (κ3) is 2.81. The van der Waals surface area contributed by atoms with E-state index in [1.807, 2.05) is 12.1 Å². The molecule has 1 aliphatic rings. The van der Waals surface area contributed by atoms with E-state index in [4.69, 9.17) is 4.42 Å². The smallest absolute Gasteiger partial charge is 0.198 e. The van der Waals surface area contributed by atoms with Crippen molar-refractivity contribution in [2.75, 3.05) is 5.32 Å². The van der Waals surface area contributed by atoms with Gasteiger partial charge in [-0.1, -0.05) is 28.1 Å². The summed E-state index contributed by atoms with van der Waals surface area (Å²) < 4.78 is 6.88. The maximum atomic E-state index is 5.78. The van der Waals surface area contributed by atoms with Gasteiger partial charge in [-0.05, 0) is 48.7 Å². The maximum Gasteiger partial charge on any atom is 0.198 e. The van der Waals surface area contributed by atoms with Crippen molar-refractivity contribution in [1.82, 2.24) is 4.98 Å². The molecule has 0 bridgehead atoms. The number of halogens is 1. The van der Waals surface area contributed by atoms with E-state index in [-0.39, 0.29) is 0 Å². The summed E-state index contributed by atoms with van der Waals surface area (Å²) in [5.74, 6) is 1.45. The molecule has 2 aromatic carbocycles. The monoisotopic (exact) mass is 342 g/mol. The number of anilines is 1. The first kappa shape index (κ1) is 12.9. The van der Waals surface area contributed by atoms with Gasteiger partial charge in [0.25, 0.3) is 0 Å². The minimum absolute atomic E-state index is 0.552. The number of nitrogens with zero attached hydrogens (tertiary/aromatic N) is 1. The predicted molar refractivity (Wildman–Crippen MR) is 87.5 cm³/mol. The molecule has 3 nitrogen and oxygen atoms in total. The van der Waals surface area contributed by atoms with Crippen LogP contribution in [0.4, 0.5) is 5.69 Å². The van der Waals surface area contributed by atoms with E-state index in [0.717, 1.165) is 33.7 Å². The minimum Gasteiger partial charge on any atom is -0.440 e. The number of aromatic nitrogens is 1. The van der Waals surface area contributed by atoms with Crippen LogP contribution >= 0.6 is 15.9 Å². The van der Waals surface area contributed by atoms with Crippen molar-refractivity contribution in [3.05, 3.63) is 58.4 Å². The average molecular weight is 343 g/mol. The van der Waals surface area contributed by atoms with Crippen LogP contribution < -0.4 is 5.32 Å². The van der Waals surface area contributed by atoms with Crippen molar-refractivity contribution >= 4 is 32.7 Å². The Morgan fingerprint density at radius 1 is 1.14 bits per heavy atom. The molecule has 4 rings (SSSR count). The number of fused-ring (bicyclic) bond motifs is 1. The first-order valence-corrected chi connectivity index (χ1v) is 7.96. The van der Waals surface area contributed by atoms with Gasteiger partial charge in [-0.3, -0.25) is 0 Å². The molecule has 1 N–H and O–H groups in total. The van der Waals surface area contributed by atoms with Gasteiger partial charge in [0.2, 0.25) is 0 Å². The first-order valence-electron chi connectivity index (χ1n) is 7.17. The zero-order chi connectivity index (χ0) is 14.2. The highest BCUT2D eigenvalue weighted by Crippen LogP contribution is 2.40. The fourth-order valence-electron chi connectivity index (χ4n) is 2.37. The molecule has 0 saturated heterocycles. The van der Waals surface area contributed by atoms with Gasteiger partial charge in [0.1, 0.15) is 5.52 Å². The van der Waals surface area contributed by atoms with Crippen molar-refractivity contribution in [2.45, 2.75) is 25.3 Å². The topological polar surface area (TPSA) is 38.1 Å². The Bertz CT molecular complexity index is 775. The summed E-state index contributed by atoms with van der Waals surface area (Å²) in [6.45, 7) is 0.798. The van der Waals surface area contributed by atoms with Crippen molar-refractivity contribution in [1.29, 1.82) is 0 Å². The zero-order valence-electron chi connectivity index (χ0n) is 11.5. The second-order valence-corrected chi connectivity index (χ2v) is 6.40. The summed E-state index contributed by atoms with van der Waals surface area (Å²) in [4.78, 5) is 4.59. The Hall–Kier alpha value is -1.81. The lowest BCUT2D eigenvalue weighted by Gasteiger charge is -2.06. The molecule has 3 aromatic rings. The third-order valence-corrected chi connectivity index (χ3v) is 4.27. The van der Waals surface area contributed by atoms with Gasteiger partial charge in [-0.25, -0.2) is 4.98 Å². The fourth-order valence-corrected chi connectivity index (χ4v) is 2.63. The molecule has 21 heavy (non-hydrogen) atoms. The van der Waals surface area contributed by atoms with Crippen molar-refractivity contribution < 1.29 is 4.42 Å². The summed E-state index contributed by atoms with van der Waals surface area (Å²) in [6.07, 6.45) is 2.42. The average Bonchev–Trinajstić information content (AvgIpc) is 3.26. The van der Waals surface area contributed by atoms with E-state index in [2.05, 4.69) is 56.6 Å². The van der Waals surface area contributed by atoms with Crippen LogP contribution in [-0.2, 0) is 6.54 Å². The molecule has 0 atom stereocenters. The van der Waals surface area contributed by atoms with Crippen LogP contribution in [0.5, 0.6) is 0 Å². The van der Waals surface area contributed by atoms with Crippen molar-refractivity contribution in [2.24, 2.45) is 0 Å². The normalized spacial score (nSPS) is 14.5. The highest BCUT2D eigenvalue weighted by molar-refractivity contribution is 9.10. The quantitative estimate of drug-likeness (QED) is 0.718. The SMILES string of the molecule is Brc1ccc(CNc2ccc3oc(C4CC4)nc3c2)cc1. The van der Waals surface area contributed by atoms with Crippen LogP contribution in [-0.4, -0.2) is 4.98 Å². The molecular weight excluding hydrogens is 328 g/mol. The molecular formula is C17H15BrN2O. The molecule has 1 aliphatic carbocycles. The standard InChI is InChI=1S/C17H15BrN2O/c18-13-5-1-11(2-6-13)10-19-14-7-8-16-15(9-14)20-17(21-16)12-3-4-12/h1-2,5-9,12,19H,3-4,10H2. The summed E-state index contributed by atoms with van der Waals surface area (Å²) >= 11 is 3.45. The molecule has 0 unspecified atom stereocenters. The Labute approximate surface area is 131 Å². The van der Waals surface area contributed by atoms with Gasteiger partial charge < -0.3 is 9.73 Å². The number of benzene rings is 2.